The summed E-state index contributed by atoms with van der Waals surface area (Å²) in [5.74, 6) is -1.68. The number of rotatable bonds is 9. The van der Waals surface area contributed by atoms with Crippen molar-refractivity contribution in [3.63, 3.8) is 0 Å². The minimum absolute atomic E-state index is 0.00413. The molecule has 1 saturated heterocycles. The molecule has 8 unspecified atom stereocenters. The molecule has 0 radical (unpaired) electrons. The van der Waals surface area contributed by atoms with Gasteiger partial charge in [0.2, 0.25) is 0 Å². The van der Waals surface area contributed by atoms with Gasteiger partial charge in [0.05, 0.1) is 24.7 Å². The average molecular weight is 550 g/mol. The van der Waals surface area contributed by atoms with Crippen LogP contribution in [0.4, 0.5) is 13.2 Å². The van der Waals surface area contributed by atoms with Crippen LogP contribution >= 0.6 is 11.8 Å². The van der Waals surface area contributed by atoms with E-state index in [1.165, 1.54) is 5.57 Å². The van der Waals surface area contributed by atoms with Crippen LogP contribution in [0.15, 0.2) is 11.6 Å². The van der Waals surface area contributed by atoms with E-state index in [0.717, 1.165) is 57.8 Å². The third-order valence-corrected chi connectivity index (χ3v) is 10.3. The summed E-state index contributed by atoms with van der Waals surface area (Å²) in [5.41, 5.74) is 1.24. The highest BCUT2D eigenvalue weighted by Crippen LogP contribution is 2.47. The predicted octanol–water partition coefficient (Wildman–Crippen LogP) is 6.03. The molecule has 4 aliphatic rings. The third-order valence-electron chi connectivity index (χ3n) is 8.67. The van der Waals surface area contributed by atoms with Crippen molar-refractivity contribution in [1.29, 1.82) is 0 Å². The Kier molecular flexibility index (Phi) is 10.7. The smallest absolute Gasteiger partial charge is 0.377 e. The van der Waals surface area contributed by atoms with E-state index in [0.29, 0.717) is 24.6 Å². The van der Waals surface area contributed by atoms with E-state index in [9.17, 15) is 23.4 Å². The van der Waals surface area contributed by atoms with Crippen LogP contribution in [0.5, 0.6) is 0 Å². The number of fused-ring (bicyclic) bond motifs is 1. The minimum Gasteiger partial charge on any atom is -0.377 e. The number of ether oxygens (including phenoxy) is 2. The molecule has 0 aromatic heterocycles. The Morgan fingerprint density at radius 2 is 1.81 bits per heavy atom. The van der Waals surface area contributed by atoms with E-state index in [4.69, 9.17) is 9.47 Å². The van der Waals surface area contributed by atoms with Crippen LogP contribution in [0.1, 0.15) is 90.9 Å². The molecule has 214 valence electrons. The second kappa shape index (κ2) is 13.4. The van der Waals surface area contributed by atoms with E-state index < -0.39 is 30.5 Å². The Hall–Kier alpha value is -0.320. The molecule has 8 atom stereocenters. The van der Waals surface area contributed by atoms with Crippen molar-refractivity contribution in [3.05, 3.63) is 11.6 Å². The number of halogens is 3. The number of alkyl halides is 3. The molecule has 5 nitrogen and oxygen atoms in total. The second-order valence-electron chi connectivity index (χ2n) is 11.8. The van der Waals surface area contributed by atoms with E-state index in [2.05, 4.69) is 11.0 Å². The van der Waals surface area contributed by atoms with Gasteiger partial charge in [0, 0.05) is 23.1 Å². The molecule has 0 amide bonds. The van der Waals surface area contributed by atoms with Gasteiger partial charge in [0.25, 0.3) is 0 Å². The van der Waals surface area contributed by atoms with Crippen LogP contribution < -0.4 is 0 Å². The number of aliphatic hydroxyl groups excluding tert-OH is 2. The summed E-state index contributed by atoms with van der Waals surface area (Å²) < 4.78 is 52.8. The summed E-state index contributed by atoms with van der Waals surface area (Å²) in [6.07, 6.45) is 6.16. The Morgan fingerprint density at radius 3 is 2.57 bits per heavy atom. The molecule has 0 spiro atoms. The summed E-state index contributed by atoms with van der Waals surface area (Å²) in [6.45, 7) is 4.23. The Labute approximate surface area is 224 Å². The molecule has 1 aliphatic heterocycles. The first-order valence-corrected chi connectivity index (χ1v) is 15.3. The van der Waals surface area contributed by atoms with Crippen LogP contribution in [-0.4, -0.2) is 75.7 Å². The molecule has 2 N–H and O–H groups in total. The van der Waals surface area contributed by atoms with Gasteiger partial charge in [-0.05, 0) is 71.1 Å². The molecule has 3 aliphatic carbocycles. The van der Waals surface area contributed by atoms with E-state index in [1.807, 2.05) is 25.6 Å². The maximum atomic E-state index is 13.8. The minimum atomic E-state index is -4.17. The molecular weight excluding hydrogens is 503 g/mol. The topological polar surface area (TPSA) is 62.2 Å². The van der Waals surface area contributed by atoms with E-state index in [1.54, 1.807) is 0 Å². The first-order chi connectivity index (χ1) is 17.6. The zero-order valence-corrected chi connectivity index (χ0v) is 23.2. The van der Waals surface area contributed by atoms with Crippen molar-refractivity contribution in [2.75, 3.05) is 13.2 Å². The summed E-state index contributed by atoms with van der Waals surface area (Å²) in [7, 11) is 0. The van der Waals surface area contributed by atoms with Gasteiger partial charge in [-0.25, -0.2) is 0 Å². The number of hydrogen-bond acceptors (Lipinski definition) is 6. The van der Waals surface area contributed by atoms with Gasteiger partial charge in [0.1, 0.15) is 6.23 Å². The fourth-order valence-electron chi connectivity index (χ4n) is 6.94. The molecule has 37 heavy (non-hydrogen) atoms. The lowest BCUT2D eigenvalue weighted by Gasteiger charge is -2.51. The van der Waals surface area contributed by atoms with Crippen LogP contribution in [-0.2, 0) is 9.47 Å². The molecule has 0 bridgehead atoms. The summed E-state index contributed by atoms with van der Waals surface area (Å²) in [4.78, 5) is 2.08. The maximum Gasteiger partial charge on any atom is 0.392 e. The van der Waals surface area contributed by atoms with Crippen molar-refractivity contribution >= 4 is 11.8 Å². The number of aliphatic hydroxyl groups is 2. The number of nitrogens with zero attached hydrogens (tertiary/aromatic N) is 1. The SMILES string of the molecule is CC(C)OC(O)COC1CCC=C(CC2SC3CCCCC3N(CC3CCCCC3C(F)(F)F)C2O)C1. The fourth-order valence-corrected chi connectivity index (χ4v) is 8.77. The lowest BCUT2D eigenvalue weighted by molar-refractivity contribution is -0.201. The monoisotopic (exact) mass is 549 g/mol. The highest BCUT2D eigenvalue weighted by Gasteiger charge is 2.49. The molecule has 0 aromatic rings. The first-order valence-electron chi connectivity index (χ1n) is 14.4. The van der Waals surface area contributed by atoms with Gasteiger partial charge in [0.15, 0.2) is 6.29 Å². The summed E-state index contributed by atoms with van der Waals surface area (Å²) >= 11 is 1.86. The molecule has 9 heteroatoms. The van der Waals surface area contributed by atoms with Crippen LogP contribution in [0.25, 0.3) is 0 Å². The second-order valence-corrected chi connectivity index (χ2v) is 13.3. The van der Waals surface area contributed by atoms with Crippen molar-refractivity contribution in [3.8, 4) is 0 Å². The summed E-state index contributed by atoms with van der Waals surface area (Å²) in [5, 5.41) is 21.9. The standard InChI is InChI=1S/C28H46F3NO4S/c1-18(2)36-26(33)17-35-21-10-7-8-19(14-21)15-25-27(34)32(23-12-5-6-13-24(23)37-25)16-20-9-3-4-11-22(20)28(29,30)31/h8,18,20-27,33-34H,3-7,9-17H2,1-2H3. The Morgan fingerprint density at radius 1 is 1.08 bits per heavy atom. The van der Waals surface area contributed by atoms with Crippen molar-refractivity contribution in [2.45, 2.75) is 138 Å². The predicted molar refractivity (Wildman–Crippen MR) is 140 cm³/mol. The normalized spacial score (nSPS) is 36.8. The first kappa shape index (κ1) is 29.7. The molecule has 3 fully saturated rings. The van der Waals surface area contributed by atoms with Gasteiger partial charge in [-0.2, -0.15) is 13.2 Å². The molecule has 4 rings (SSSR count). The van der Waals surface area contributed by atoms with Gasteiger partial charge in [-0.1, -0.05) is 37.3 Å². The quantitative estimate of drug-likeness (QED) is 0.271. The molecule has 2 saturated carbocycles. The van der Waals surface area contributed by atoms with Crippen LogP contribution in [0, 0.1) is 11.8 Å². The highest BCUT2D eigenvalue weighted by molar-refractivity contribution is 8.00. The lowest BCUT2D eigenvalue weighted by Crippen LogP contribution is -2.59. The molecule has 1 heterocycles. The van der Waals surface area contributed by atoms with Gasteiger partial charge in [-0.3, -0.25) is 4.90 Å². The Balaban J connectivity index is 1.39. The van der Waals surface area contributed by atoms with Gasteiger partial charge >= 0.3 is 6.18 Å². The van der Waals surface area contributed by atoms with E-state index in [-0.39, 0.29) is 36.5 Å². The largest absolute Gasteiger partial charge is 0.392 e. The van der Waals surface area contributed by atoms with E-state index >= 15 is 0 Å². The van der Waals surface area contributed by atoms with Crippen molar-refractivity contribution in [2.24, 2.45) is 11.8 Å². The lowest BCUT2D eigenvalue weighted by atomic mass is 9.77. The number of thioether (sulfide) groups is 1. The van der Waals surface area contributed by atoms with Crippen LogP contribution in [0.3, 0.4) is 0 Å². The van der Waals surface area contributed by atoms with Gasteiger partial charge in [-0.15, -0.1) is 11.8 Å². The van der Waals surface area contributed by atoms with Crippen molar-refractivity contribution < 1.29 is 32.9 Å². The summed E-state index contributed by atoms with van der Waals surface area (Å²) in [6, 6.07) is 0.166. The highest BCUT2D eigenvalue weighted by atomic mass is 32.2. The number of hydrogen-bond donors (Lipinski definition) is 2. The average Bonchev–Trinajstić information content (AvgIpc) is 2.85. The van der Waals surface area contributed by atoms with Gasteiger partial charge < -0.3 is 19.7 Å². The van der Waals surface area contributed by atoms with Crippen molar-refractivity contribution in [1.82, 2.24) is 4.90 Å². The number of allylic oxidation sites excluding steroid dienone is 1. The van der Waals surface area contributed by atoms with Crippen LogP contribution in [0.2, 0.25) is 0 Å². The third kappa shape index (κ3) is 8.10. The zero-order chi connectivity index (χ0) is 26.6. The molecule has 0 aromatic carbocycles. The maximum absolute atomic E-state index is 13.8. The zero-order valence-electron chi connectivity index (χ0n) is 22.4. The fraction of sp³-hybridized carbons (Fsp3) is 0.929. The Bertz CT molecular complexity index is 751. The molecular formula is C28H46F3NO4S.